The molecule has 10 nitrogen and oxygen atoms in total. The second kappa shape index (κ2) is 9.97. The van der Waals surface area contributed by atoms with Crippen LogP contribution in [-0.2, 0) is 9.59 Å². The molecule has 1 N–H and O–H groups in total. The van der Waals surface area contributed by atoms with Crippen molar-refractivity contribution < 1.29 is 38.2 Å². The highest BCUT2D eigenvalue weighted by atomic mass is 19.1. The number of non-ortho nitro benzene ring substituents is 1. The van der Waals surface area contributed by atoms with Gasteiger partial charge in [0, 0.05) is 23.4 Å². The molecule has 1 fully saturated rings. The van der Waals surface area contributed by atoms with Crippen molar-refractivity contribution in [3.63, 3.8) is 0 Å². The summed E-state index contributed by atoms with van der Waals surface area (Å²) in [6.45, 7) is 0. The average Bonchev–Trinajstić information content (AvgIpc) is 3.17. The average molecular weight is 508 g/mol. The van der Waals surface area contributed by atoms with Crippen LogP contribution >= 0.6 is 0 Å². The number of methoxy groups -OCH3 is 3. The number of nitro groups is 1. The number of carbonyl (C=O) groups excluding carboxylic acids is 2. The third-order valence-electron chi connectivity index (χ3n) is 5.89. The summed E-state index contributed by atoms with van der Waals surface area (Å²) in [5, 5.41) is 22.2. The highest BCUT2D eigenvalue weighted by molar-refractivity contribution is 6.51. The number of ketones is 1. The van der Waals surface area contributed by atoms with Gasteiger partial charge in [0.15, 0.2) is 11.5 Å². The van der Waals surface area contributed by atoms with Gasteiger partial charge in [0.25, 0.3) is 17.4 Å². The summed E-state index contributed by atoms with van der Waals surface area (Å²) in [4.78, 5) is 38.0. The van der Waals surface area contributed by atoms with Crippen LogP contribution in [0.5, 0.6) is 17.2 Å². The van der Waals surface area contributed by atoms with E-state index in [4.69, 9.17) is 14.2 Å². The van der Waals surface area contributed by atoms with Gasteiger partial charge in [-0.1, -0.05) is 6.07 Å². The lowest BCUT2D eigenvalue weighted by molar-refractivity contribution is -0.384. The molecule has 0 bridgehead atoms. The zero-order valence-electron chi connectivity index (χ0n) is 19.9. The number of benzene rings is 3. The van der Waals surface area contributed by atoms with Gasteiger partial charge in [-0.25, -0.2) is 4.39 Å². The second-order valence-corrected chi connectivity index (χ2v) is 7.91. The first-order valence-corrected chi connectivity index (χ1v) is 10.8. The number of nitrogens with zero attached hydrogens (tertiary/aromatic N) is 2. The molecule has 1 saturated heterocycles. The highest BCUT2D eigenvalue weighted by Gasteiger charge is 2.47. The Morgan fingerprint density at radius 2 is 1.59 bits per heavy atom. The molecule has 190 valence electrons. The number of aliphatic hydroxyl groups is 1. The third-order valence-corrected chi connectivity index (χ3v) is 5.89. The molecular formula is C26H21FN2O8. The first-order chi connectivity index (χ1) is 17.7. The Kier molecular flexibility index (Phi) is 6.79. The summed E-state index contributed by atoms with van der Waals surface area (Å²) >= 11 is 0. The van der Waals surface area contributed by atoms with Crippen LogP contribution in [0.25, 0.3) is 5.76 Å². The molecule has 0 aromatic heterocycles. The van der Waals surface area contributed by atoms with Gasteiger partial charge in [-0.3, -0.25) is 24.6 Å². The van der Waals surface area contributed by atoms with Gasteiger partial charge < -0.3 is 19.3 Å². The minimum absolute atomic E-state index is 0.0697. The SMILES string of the molecule is COc1cc(C2/C(=C(\O)c3ccc([N+](=O)[O-])cc3)C(=O)C(=O)N2c2cccc(F)c2)cc(OC)c1OC. The third kappa shape index (κ3) is 4.42. The summed E-state index contributed by atoms with van der Waals surface area (Å²) < 4.78 is 30.3. The number of rotatable bonds is 7. The molecule has 0 spiro atoms. The summed E-state index contributed by atoms with van der Waals surface area (Å²) in [5.74, 6) is -2.54. The lowest BCUT2D eigenvalue weighted by Crippen LogP contribution is -2.29. The van der Waals surface area contributed by atoms with E-state index in [0.29, 0.717) is 5.56 Å². The number of Topliss-reactive ketones (excluding diaryl/α,β-unsaturated/α-hetero) is 1. The number of carbonyl (C=O) groups is 2. The van der Waals surface area contributed by atoms with Crippen LogP contribution in [0.2, 0.25) is 0 Å². The number of ether oxygens (including phenoxy) is 3. The van der Waals surface area contributed by atoms with Crippen LogP contribution in [0, 0.1) is 15.9 Å². The van der Waals surface area contributed by atoms with Crippen LogP contribution < -0.4 is 19.1 Å². The van der Waals surface area contributed by atoms with E-state index in [0.717, 1.165) is 23.1 Å². The predicted octanol–water partition coefficient (Wildman–Crippen LogP) is 4.39. The number of hydrogen-bond acceptors (Lipinski definition) is 8. The molecule has 0 radical (unpaired) electrons. The predicted molar refractivity (Wildman–Crippen MR) is 130 cm³/mol. The van der Waals surface area contributed by atoms with Crippen LogP contribution in [-0.4, -0.2) is 43.0 Å². The summed E-state index contributed by atoms with van der Waals surface area (Å²) in [6.07, 6.45) is 0. The van der Waals surface area contributed by atoms with Gasteiger partial charge in [0.1, 0.15) is 11.6 Å². The van der Waals surface area contributed by atoms with Gasteiger partial charge in [0.05, 0.1) is 37.9 Å². The van der Waals surface area contributed by atoms with Crippen molar-refractivity contribution >= 4 is 28.8 Å². The molecule has 1 aliphatic rings. The quantitative estimate of drug-likeness (QED) is 0.164. The molecule has 0 aliphatic carbocycles. The van der Waals surface area contributed by atoms with Crippen molar-refractivity contribution in [3.05, 3.63) is 93.3 Å². The molecule has 1 unspecified atom stereocenters. The summed E-state index contributed by atoms with van der Waals surface area (Å²) in [7, 11) is 4.19. The molecule has 0 saturated carbocycles. The topological polar surface area (TPSA) is 128 Å². The van der Waals surface area contributed by atoms with Crippen LogP contribution in [0.1, 0.15) is 17.2 Å². The lowest BCUT2D eigenvalue weighted by atomic mass is 9.94. The fraction of sp³-hybridized carbons (Fsp3) is 0.154. The van der Waals surface area contributed by atoms with Crippen molar-refractivity contribution in [3.8, 4) is 17.2 Å². The molecule has 3 aromatic carbocycles. The molecular weight excluding hydrogens is 487 g/mol. The molecule has 1 amide bonds. The Morgan fingerprint density at radius 1 is 0.973 bits per heavy atom. The Labute approximate surface area is 210 Å². The molecule has 1 aliphatic heterocycles. The second-order valence-electron chi connectivity index (χ2n) is 7.91. The molecule has 4 rings (SSSR count). The van der Waals surface area contributed by atoms with Crippen molar-refractivity contribution in [1.29, 1.82) is 0 Å². The molecule has 1 atom stereocenters. The van der Waals surface area contributed by atoms with Gasteiger partial charge in [-0.2, -0.15) is 0 Å². The lowest BCUT2D eigenvalue weighted by Gasteiger charge is -2.26. The minimum atomic E-state index is -1.23. The van der Waals surface area contributed by atoms with Crippen LogP contribution in [0.4, 0.5) is 15.8 Å². The summed E-state index contributed by atoms with van der Waals surface area (Å²) in [5.41, 5.74) is -0.0966. The summed E-state index contributed by atoms with van der Waals surface area (Å²) in [6, 6.07) is 11.7. The van der Waals surface area contributed by atoms with E-state index in [1.165, 1.54) is 63.8 Å². The Balaban J connectivity index is 2.00. The van der Waals surface area contributed by atoms with Crippen molar-refractivity contribution in [1.82, 2.24) is 0 Å². The molecule has 11 heteroatoms. The van der Waals surface area contributed by atoms with Gasteiger partial charge in [0.2, 0.25) is 5.75 Å². The van der Waals surface area contributed by atoms with Crippen LogP contribution in [0.15, 0.2) is 66.2 Å². The fourth-order valence-electron chi connectivity index (χ4n) is 4.20. The number of nitro benzene ring substituents is 1. The van der Waals surface area contributed by atoms with Gasteiger partial charge in [-0.05, 0) is 48.0 Å². The number of anilines is 1. The maximum absolute atomic E-state index is 14.1. The van der Waals surface area contributed by atoms with E-state index < -0.39 is 34.2 Å². The Morgan fingerprint density at radius 3 is 2.11 bits per heavy atom. The highest BCUT2D eigenvalue weighted by Crippen LogP contribution is 2.47. The Hall–Kier alpha value is -4.93. The minimum Gasteiger partial charge on any atom is -0.507 e. The zero-order chi connectivity index (χ0) is 26.9. The van der Waals surface area contributed by atoms with Crippen molar-refractivity contribution in [2.45, 2.75) is 6.04 Å². The van der Waals surface area contributed by atoms with E-state index >= 15 is 0 Å². The standard InChI is InChI=1S/C26H21FN2O8/c1-35-19-11-15(12-20(36-2)25(19)37-3)22-21(23(30)14-7-9-17(10-8-14)29(33)34)24(31)26(32)28(22)18-6-4-5-16(27)13-18/h4-13,22,30H,1-3H3/b23-21+. The fourth-order valence-corrected chi connectivity index (χ4v) is 4.20. The van der Waals surface area contributed by atoms with Gasteiger partial charge >= 0.3 is 0 Å². The van der Waals surface area contributed by atoms with E-state index in [1.807, 2.05) is 0 Å². The smallest absolute Gasteiger partial charge is 0.300 e. The number of amides is 1. The largest absolute Gasteiger partial charge is 0.507 e. The maximum atomic E-state index is 14.1. The van der Waals surface area contributed by atoms with Gasteiger partial charge in [-0.15, -0.1) is 0 Å². The monoisotopic (exact) mass is 508 g/mol. The molecule has 3 aromatic rings. The van der Waals surface area contributed by atoms with Crippen molar-refractivity contribution in [2.75, 3.05) is 26.2 Å². The van der Waals surface area contributed by atoms with Crippen molar-refractivity contribution in [2.24, 2.45) is 0 Å². The van der Waals surface area contributed by atoms with E-state index in [-0.39, 0.29) is 39.8 Å². The normalized spacial score (nSPS) is 16.5. The number of hydrogen-bond donors (Lipinski definition) is 1. The maximum Gasteiger partial charge on any atom is 0.300 e. The van der Waals surface area contributed by atoms with E-state index in [2.05, 4.69) is 0 Å². The van der Waals surface area contributed by atoms with E-state index in [1.54, 1.807) is 0 Å². The Bertz CT molecular complexity index is 1410. The first kappa shape index (κ1) is 25.2. The number of aliphatic hydroxyl groups excluding tert-OH is 1. The number of halogens is 1. The van der Waals surface area contributed by atoms with Crippen LogP contribution in [0.3, 0.4) is 0 Å². The first-order valence-electron chi connectivity index (χ1n) is 10.8. The zero-order valence-corrected chi connectivity index (χ0v) is 19.9. The molecule has 1 heterocycles. The van der Waals surface area contributed by atoms with E-state index in [9.17, 15) is 29.2 Å². The molecule has 37 heavy (non-hydrogen) atoms.